The van der Waals surface area contributed by atoms with Crippen LogP contribution >= 0.6 is 0 Å². The van der Waals surface area contributed by atoms with Crippen LogP contribution in [0.5, 0.6) is 0 Å². The van der Waals surface area contributed by atoms with Crippen molar-refractivity contribution in [2.75, 3.05) is 0 Å². The summed E-state index contributed by atoms with van der Waals surface area (Å²) in [5, 5.41) is 0. The van der Waals surface area contributed by atoms with Crippen LogP contribution in [0.4, 0.5) is 0 Å². The molecule has 1 saturated carbocycles. The van der Waals surface area contributed by atoms with E-state index in [-0.39, 0.29) is 0 Å². The largest absolute Gasteiger partial charge is 0.261 e. The third-order valence-electron chi connectivity index (χ3n) is 3.53. The molecule has 0 radical (unpaired) electrons. The molecule has 0 saturated heterocycles. The normalized spacial score (nSPS) is 33.5. The highest BCUT2D eigenvalue weighted by molar-refractivity contribution is 5.12. The van der Waals surface area contributed by atoms with Crippen molar-refractivity contribution in [3.05, 3.63) is 30.1 Å². The van der Waals surface area contributed by atoms with Gasteiger partial charge in [-0.05, 0) is 36.8 Å². The van der Waals surface area contributed by atoms with E-state index in [4.69, 9.17) is 0 Å². The first-order chi connectivity index (χ1) is 6.29. The summed E-state index contributed by atoms with van der Waals surface area (Å²) in [5.41, 5.74) is 1.29. The van der Waals surface area contributed by atoms with Gasteiger partial charge in [-0.2, -0.15) is 0 Å². The maximum absolute atomic E-state index is 4.45. The van der Waals surface area contributed by atoms with E-state index in [1.54, 1.807) is 0 Å². The Hall–Kier alpha value is -0.850. The van der Waals surface area contributed by atoms with Crippen LogP contribution in [0.25, 0.3) is 0 Å². The van der Waals surface area contributed by atoms with Crippen LogP contribution in [-0.4, -0.2) is 4.98 Å². The number of nitrogens with zero attached hydrogens (tertiary/aromatic N) is 1. The molecule has 1 aromatic heterocycles. The van der Waals surface area contributed by atoms with Crippen LogP contribution in [0.3, 0.4) is 0 Å². The second-order valence-electron chi connectivity index (χ2n) is 4.27. The van der Waals surface area contributed by atoms with Crippen LogP contribution in [0.15, 0.2) is 24.4 Å². The molecule has 1 aliphatic rings. The zero-order valence-corrected chi connectivity index (χ0v) is 8.40. The average Bonchev–Trinajstić information content (AvgIpc) is 2.49. The molecular formula is C12H17N. The fourth-order valence-electron chi connectivity index (χ4n) is 2.38. The van der Waals surface area contributed by atoms with E-state index in [2.05, 4.69) is 31.0 Å². The summed E-state index contributed by atoms with van der Waals surface area (Å²) in [6.45, 7) is 4.71. The molecule has 2 rings (SSSR count). The van der Waals surface area contributed by atoms with E-state index in [1.165, 1.54) is 18.5 Å². The third kappa shape index (κ3) is 1.60. The lowest BCUT2D eigenvalue weighted by atomic mass is 9.90. The summed E-state index contributed by atoms with van der Waals surface area (Å²) < 4.78 is 0. The van der Waals surface area contributed by atoms with Gasteiger partial charge in [0.15, 0.2) is 0 Å². The molecule has 0 aliphatic heterocycles. The third-order valence-corrected chi connectivity index (χ3v) is 3.53. The van der Waals surface area contributed by atoms with E-state index in [1.807, 2.05) is 12.3 Å². The highest BCUT2D eigenvalue weighted by atomic mass is 14.7. The van der Waals surface area contributed by atoms with E-state index in [9.17, 15) is 0 Å². The van der Waals surface area contributed by atoms with Crippen LogP contribution < -0.4 is 0 Å². The number of hydrogen-bond acceptors (Lipinski definition) is 1. The summed E-state index contributed by atoms with van der Waals surface area (Å²) in [6.07, 6.45) is 4.59. The van der Waals surface area contributed by atoms with Gasteiger partial charge in [0.2, 0.25) is 0 Å². The molecular weight excluding hydrogens is 158 g/mol. The molecule has 13 heavy (non-hydrogen) atoms. The van der Waals surface area contributed by atoms with Gasteiger partial charge in [0.05, 0.1) is 0 Å². The van der Waals surface area contributed by atoms with Crippen molar-refractivity contribution in [2.24, 2.45) is 11.8 Å². The van der Waals surface area contributed by atoms with Crippen LogP contribution in [0.2, 0.25) is 0 Å². The minimum atomic E-state index is 0.705. The molecule has 1 fully saturated rings. The quantitative estimate of drug-likeness (QED) is 0.638. The summed E-state index contributed by atoms with van der Waals surface area (Å²) >= 11 is 0. The van der Waals surface area contributed by atoms with Gasteiger partial charge in [0.1, 0.15) is 0 Å². The molecule has 1 aromatic rings. The Morgan fingerprint density at radius 1 is 1.23 bits per heavy atom. The van der Waals surface area contributed by atoms with Gasteiger partial charge < -0.3 is 0 Å². The number of hydrogen-bond donors (Lipinski definition) is 0. The summed E-state index contributed by atoms with van der Waals surface area (Å²) in [5.74, 6) is 2.37. The van der Waals surface area contributed by atoms with Gasteiger partial charge in [-0.3, -0.25) is 4.98 Å². The lowest BCUT2D eigenvalue weighted by Gasteiger charge is -2.17. The predicted molar refractivity (Wildman–Crippen MR) is 54.5 cm³/mol. The van der Waals surface area contributed by atoms with Gasteiger partial charge in [-0.1, -0.05) is 19.9 Å². The Labute approximate surface area is 80.2 Å². The Morgan fingerprint density at radius 3 is 2.62 bits per heavy atom. The fraction of sp³-hybridized carbons (Fsp3) is 0.583. The molecule has 1 aliphatic carbocycles. The van der Waals surface area contributed by atoms with Crippen molar-refractivity contribution < 1.29 is 0 Å². The molecule has 70 valence electrons. The molecule has 0 amide bonds. The first kappa shape index (κ1) is 8.74. The van der Waals surface area contributed by atoms with Gasteiger partial charge in [-0.25, -0.2) is 0 Å². The van der Waals surface area contributed by atoms with E-state index < -0.39 is 0 Å². The molecule has 1 nitrogen and oxygen atoms in total. The smallest absolute Gasteiger partial charge is 0.0437 e. The lowest BCUT2D eigenvalue weighted by molar-refractivity contribution is 0.419. The molecule has 3 unspecified atom stereocenters. The molecule has 0 bridgehead atoms. The van der Waals surface area contributed by atoms with Crippen molar-refractivity contribution in [2.45, 2.75) is 32.6 Å². The topological polar surface area (TPSA) is 12.9 Å². The van der Waals surface area contributed by atoms with Gasteiger partial charge in [0, 0.05) is 17.8 Å². The Balaban J connectivity index is 2.19. The van der Waals surface area contributed by atoms with Crippen molar-refractivity contribution in [1.29, 1.82) is 0 Å². The Kier molecular flexibility index (Phi) is 2.34. The van der Waals surface area contributed by atoms with Crippen molar-refractivity contribution >= 4 is 0 Å². The zero-order chi connectivity index (χ0) is 9.26. The van der Waals surface area contributed by atoms with E-state index in [0.29, 0.717) is 5.92 Å². The van der Waals surface area contributed by atoms with Crippen LogP contribution in [0.1, 0.15) is 38.3 Å². The zero-order valence-electron chi connectivity index (χ0n) is 8.40. The summed E-state index contributed by atoms with van der Waals surface area (Å²) in [7, 11) is 0. The first-order valence-electron chi connectivity index (χ1n) is 5.20. The number of pyridine rings is 1. The highest BCUT2D eigenvalue weighted by Gasteiger charge is 2.31. The summed E-state index contributed by atoms with van der Waals surface area (Å²) in [4.78, 5) is 4.45. The highest BCUT2D eigenvalue weighted by Crippen LogP contribution is 2.41. The van der Waals surface area contributed by atoms with Crippen molar-refractivity contribution in [3.63, 3.8) is 0 Å². The van der Waals surface area contributed by atoms with Crippen molar-refractivity contribution in [3.8, 4) is 0 Å². The van der Waals surface area contributed by atoms with Crippen molar-refractivity contribution in [1.82, 2.24) is 4.98 Å². The molecule has 0 aromatic carbocycles. The predicted octanol–water partition coefficient (Wildman–Crippen LogP) is 3.23. The minimum Gasteiger partial charge on any atom is -0.261 e. The second kappa shape index (κ2) is 3.49. The second-order valence-corrected chi connectivity index (χ2v) is 4.27. The SMILES string of the molecule is CC1CCC(c2ccccn2)C1C. The van der Waals surface area contributed by atoms with E-state index >= 15 is 0 Å². The maximum atomic E-state index is 4.45. The van der Waals surface area contributed by atoms with Crippen LogP contribution in [-0.2, 0) is 0 Å². The van der Waals surface area contributed by atoms with Crippen LogP contribution in [0, 0.1) is 11.8 Å². The molecule has 0 spiro atoms. The number of rotatable bonds is 1. The first-order valence-corrected chi connectivity index (χ1v) is 5.20. The molecule has 1 heteroatoms. The monoisotopic (exact) mass is 175 g/mol. The van der Waals surface area contributed by atoms with Gasteiger partial charge >= 0.3 is 0 Å². The lowest BCUT2D eigenvalue weighted by Crippen LogP contribution is -2.08. The number of aromatic nitrogens is 1. The molecule has 3 atom stereocenters. The minimum absolute atomic E-state index is 0.705. The van der Waals surface area contributed by atoms with Gasteiger partial charge in [-0.15, -0.1) is 0 Å². The summed E-state index contributed by atoms with van der Waals surface area (Å²) in [6, 6.07) is 6.25. The Morgan fingerprint density at radius 2 is 2.08 bits per heavy atom. The van der Waals surface area contributed by atoms with Gasteiger partial charge in [0.25, 0.3) is 0 Å². The standard InChI is InChI=1S/C12H17N/c1-9-6-7-11(10(9)2)12-5-3-4-8-13-12/h3-5,8-11H,6-7H2,1-2H3. The average molecular weight is 175 g/mol. The molecule has 1 heterocycles. The van der Waals surface area contributed by atoms with E-state index in [0.717, 1.165) is 11.8 Å². The fourth-order valence-corrected chi connectivity index (χ4v) is 2.38. The molecule has 0 N–H and O–H groups in total. The Bertz CT molecular complexity index is 268. The maximum Gasteiger partial charge on any atom is 0.0437 e.